The van der Waals surface area contributed by atoms with Crippen LogP contribution in [0.3, 0.4) is 0 Å². The maximum Gasteiger partial charge on any atom is 0.325 e. The van der Waals surface area contributed by atoms with Crippen molar-refractivity contribution in [3.05, 3.63) is 35.4 Å². The monoisotopic (exact) mass is 421 g/mol. The van der Waals surface area contributed by atoms with Crippen LogP contribution in [-0.4, -0.2) is 34.8 Å². The van der Waals surface area contributed by atoms with Crippen molar-refractivity contribution in [3.63, 3.8) is 0 Å². The Labute approximate surface area is 183 Å². The Morgan fingerprint density at radius 1 is 1.03 bits per heavy atom. The molecule has 0 aromatic heterocycles. The van der Waals surface area contributed by atoms with Gasteiger partial charge in [0.2, 0.25) is 5.91 Å². The molecule has 4 amide bonds. The standard InChI is InChI=1S/C25H31N3O3/c29-21(26-24-12-16-9-17(13-24)11-18(10-16)14-24)15-28-22(30)25(27-23(28)31)8-4-3-6-19-5-1-2-7-20(19)25/h1-2,5,7,16-18H,3-4,6,8-15H2,(H,26,29)(H,27,31)/t16?,17?,18?,24?,25-/m0/s1. The second-order valence-corrected chi connectivity index (χ2v) is 10.8. The topological polar surface area (TPSA) is 78.5 Å². The molecule has 1 aromatic rings. The molecule has 4 saturated carbocycles. The molecule has 2 N–H and O–H groups in total. The van der Waals surface area contributed by atoms with E-state index in [-0.39, 0.29) is 23.9 Å². The van der Waals surface area contributed by atoms with E-state index in [4.69, 9.17) is 0 Å². The van der Waals surface area contributed by atoms with Crippen LogP contribution in [0.15, 0.2) is 24.3 Å². The van der Waals surface area contributed by atoms with Gasteiger partial charge in [-0.15, -0.1) is 0 Å². The first-order valence-corrected chi connectivity index (χ1v) is 12.0. The molecule has 1 atom stereocenters. The summed E-state index contributed by atoms with van der Waals surface area (Å²) in [6.07, 6.45) is 10.5. The number of aryl methyl sites for hydroxylation is 1. The lowest BCUT2D eigenvalue weighted by atomic mass is 9.53. The Hall–Kier alpha value is -2.37. The first-order valence-electron chi connectivity index (χ1n) is 12.0. The summed E-state index contributed by atoms with van der Waals surface area (Å²) >= 11 is 0. The average molecular weight is 422 g/mol. The van der Waals surface area contributed by atoms with E-state index in [2.05, 4.69) is 10.6 Å². The molecule has 1 saturated heterocycles. The van der Waals surface area contributed by atoms with Crippen LogP contribution in [0.2, 0.25) is 0 Å². The number of hydrogen-bond acceptors (Lipinski definition) is 3. The lowest BCUT2D eigenvalue weighted by Gasteiger charge is -2.56. The normalized spacial score (nSPS) is 38.2. The molecule has 5 aliphatic carbocycles. The molecule has 6 nitrogen and oxygen atoms in total. The average Bonchev–Trinajstić information content (AvgIpc) is 2.85. The number of hydrogen-bond donors (Lipinski definition) is 2. The van der Waals surface area contributed by atoms with Crippen LogP contribution in [0, 0.1) is 17.8 Å². The molecule has 0 radical (unpaired) electrons. The number of nitrogens with zero attached hydrogens (tertiary/aromatic N) is 1. The number of carbonyl (C=O) groups is 3. The molecule has 164 valence electrons. The molecule has 1 aliphatic heterocycles. The van der Waals surface area contributed by atoms with Gasteiger partial charge in [-0.2, -0.15) is 0 Å². The highest BCUT2D eigenvalue weighted by Crippen LogP contribution is 2.55. The summed E-state index contributed by atoms with van der Waals surface area (Å²) in [7, 11) is 0. The van der Waals surface area contributed by atoms with Crippen LogP contribution in [0.5, 0.6) is 0 Å². The number of rotatable bonds is 3. The van der Waals surface area contributed by atoms with Crippen LogP contribution >= 0.6 is 0 Å². The van der Waals surface area contributed by atoms with Gasteiger partial charge in [0, 0.05) is 5.54 Å². The molecule has 7 rings (SSSR count). The molecule has 4 bridgehead atoms. The van der Waals surface area contributed by atoms with E-state index in [0.717, 1.165) is 72.3 Å². The van der Waals surface area contributed by atoms with E-state index in [1.165, 1.54) is 19.3 Å². The maximum absolute atomic E-state index is 13.6. The van der Waals surface area contributed by atoms with Crippen molar-refractivity contribution >= 4 is 17.8 Å². The van der Waals surface area contributed by atoms with Crippen molar-refractivity contribution in [2.24, 2.45) is 17.8 Å². The smallest absolute Gasteiger partial charge is 0.325 e. The van der Waals surface area contributed by atoms with E-state index >= 15 is 0 Å². The second-order valence-electron chi connectivity index (χ2n) is 10.8. The van der Waals surface area contributed by atoms with Crippen molar-refractivity contribution in [3.8, 4) is 0 Å². The fourth-order valence-electron chi connectivity index (χ4n) is 7.86. The van der Waals surface area contributed by atoms with E-state index in [9.17, 15) is 14.4 Å². The van der Waals surface area contributed by atoms with Crippen LogP contribution in [-0.2, 0) is 21.5 Å². The van der Waals surface area contributed by atoms with Gasteiger partial charge < -0.3 is 10.6 Å². The molecule has 6 aliphatic rings. The second kappa shape index (κ2) is 6.81. The SMILES string of the molecule is O=C(CN1C(=O)N[C@]2(CCCCc3ccccc32)C1=O)NC12CC3CC(CC(C3)C1)C2. The predicted octanol–water partition coefficient (Wildman–Crippen LogP) is 3.25. The van der Waals surface area contributed by atoms with E-state index < -0.39 is 11.6 Å². The molecule has 6 heteroatoms. The van der Waals surface area contributed by atoms with Crippen LogP contribution in [0.25, 0.3) is 0 Å². The van der Waals surface area contributed by atoms with E-state index in [1.807, 2.05) is 24.3 Å². The molecule has 31 heavy (non-hydrogen) atoms. The summed E-state index contributed by atoms with van der Waals surface area (Å²) in [5.41, 5.74) is 0.881. The molecular formula is C25H31N3O3. The predicted molar refractivity (Wildman–Crippen MR) is 115 cm³/mol. The lowest BCUT2D eigenvalue weighted by molar-refractivity contribution is -0.137. The minimum atomic E-state index is -1.02. The Balaban J connectivity index is 1.21. The molecule has 1 spiro atoms. The number of carbonyl (C=O) groups excluding carboxylic acids is 3. The summed E-state index contributed by atoms with van der Waals surface area (Å²) in [5, 5.41) is 6.29. The molecule has 5 fully saturated rings. The molecule has 1 heterocycles. The van der Waals surface area contributed by atoms with Gasteiger partial charge in [-0.1, -0.05) is 24.3 Å². The van der Waals surface area contributed by atoms with Gasteiger partial charge in [0.05, 0.1) is 0 Å². The highest BCUT2D eigenvalue weighted by molar-refractivity contribution is 6.09. The van der Waals surface area contributed by atoms with Gasteiger partial charge >= 0.3 is 6.03 Å². The zero-order valence-corrected chi connectivity index (χ0v) is 18.0. The summed E-state index contributed by atoms with van der Waals surface area (Å²) in [6, 6.07) is 7.47. The minimum Gasteiger partial charge on any atom is -0.349 e. The third-order valence-electron chi connectivity index (χ3n) is 8.65. The van der Waals surface area contributed by atoms with Gasteiger partial charge in [-0.3, -0.25) is 14.5 Å². The summed E-state index contributed by atoms with van der Waals surface area (Å²) < 4.78 is 0. The number of imide groups is 1. The van der Waals surface area contributed by atoms with Crippen LogP contribution < -0.4 is 10.6 Å². The van der Waals surface area contributed by atoms with Gasteiger partial charge in [-0.05, 0) is 93.1 Å². The Kier molecular flexibility index (Phi) is 4.25. The number of urea groups is 1. The first-order chi connectivity index (χ1) is 15.0. The summed E-state index contributed by atoms with van der Waals surface area (Å²) in [6.45, 7) is -0.184. The quantitative estimate of drug-likeness (QED) is 0.736. The Morgan fingerprint density at radius 3 is 2.42 bits per heavy atom. The fourth-order valence-corrected chi connectivity index (χ4v) is 7.86. The molecular weight excluding hydrogens is 390 g/mol. The van der Waals surface area contributed by atoms with Crippen molar-refractivity contribution in [2.45, 2.75) is 75.3 Å². The minimum absolute atomic E-state index is 0.113. The zero-order chi connectivity index (χ0) is 21.2. The lowest BCUT2D eigenvalue weighted by Crippen LogP contribution is -2.61. The Bertz CT molecular complexity index is 922. The number of amides is 4. The fraction of sp³-hybridized carbons (Fsp3) is 0.640. The number of benzene rings is 1. The van der Waals surface area contributed by atoms with Gasteiger partial charge in [0.15, 0.2) is 0 Å². The number of nitrogens with one attached hydrogen (secondary N) is 2. The largest absolute Gasteiger partial charge is 0.349 e. The van der Waals surface area contributed by atoms with Crippen molar-refractivity contribution in [1.82, 2.24) is 15.5 Å². The highest BCUT2D eigenvalue weighted by Gasteiger charge is 2.55. The molecule has 0 unspecified atom stereocenters. The third kappa shape index (κ3) is 3.01. The van der Waals surface area contributed by atoms with Crippen LogP contribution in [0.4, 0.5) is 4.79 Å². The summed E-state index contributed by atoms with van der Waals surface area (Å²) in [5.74, 6) is 1.73. The third-order valence-corrected chi connectivity index (χ3v) is 8.65. The van der Waals surface area contributed by atoms with Crippen molar-refractivity contribution in [1.29, 1.82) is 0 Å². The summed E-state index contributed by atoms with van der Waals surface area (Å²) in [4.78, 5) is 40.7. The molecule has 1 aromatic carbocycles. The van der Waals surface area contributed by atoms with Gasteiger partial charge in [0.1, 0.15) is 12.1 Å². The van der Waals surface area contributed by atoms with Crippen LogP contribution in [0.1, 0.15) is 68.9 Å². The van der Waals surface area contributed by atoms with E-state index in [1.54, 1.807) is 0 Å². The highest BCUT2D eigenvalue weighted by atomic mass is 16.2. The Morgan fingerprint density at radius 2 is 1.71 bits per heavy atom. The zero-order valence-electron chi connectivity index (χ0n) is 18.0. The van der Waals surface area contributed by atoms with Crippen molar-refractivity contribution < 1.29 is 14.4 Å². The first kappa shape index (κ1) is 19.3. The van der Waals surface area contributed by atoms with Gasteiger partial charge in [0.25, 0.3) is 5.91 Å². The number of fused-ring (bicyclic) bond motifs is 2. The van der Waals surface area contributed by atoms with E-state index in [0.29, 0.717) is 6.42 Å². The van der Waals surface area contributed by atoms with Crippen molar-refractivity contribution in [2.75, 3.05) is 6.54 Å². The van der Waals surface area contributed by atoms with Gasteiger partial charge in [-0.25, -0.2) is 4.79 Å². The maximum atomic E-state index is 13.6.